The smallest absolute Gasteiger partial charge is 0.150 e. The van der Waals surface area contributed by atoms with E-state index in [-0.39, 0.29) is 10.7 Å². The number of pyridine rings is 1. The van der Waals surface area contributed by atoms with Gasteiger partial charge in [-0.1, -0.05) is 34.8 Å². The van der Waals surface area contributed by atoms with Crippen LogP contribution in [0, 0.1) is 9.39 Å². The largest absolute Gasteiger partial charge is 0.252 e. The van der Waals surface area contributed by atoms with Crippen LogP contribution in [-0.2, 0) is 0 Å². The summed E-state index contributed by atoms with van der Waals surface area (Å²) in [7, 11) is 0. The van der Waals surface area contributed by atoms with E-state index in [0.717, 1.165) is 0 Å². The maximum absolute atomic E-state index is 13.8. The molecular formula is C11H4Cl3FIN. The van der Waals surface area contributed by atoms with Crippen molar-refractivity contribution in [3.8, 4) is 11.3 Å². The van der Waals surface area contributed by atoms with Crippen molar-refractivity contribution in [3.63, 3.8) is 0 Å². The van der Waals surface area contributed by atoms with Crippen molar-refractivity contribution in [2.45, 2.75) is 0 Å². The molecule has 6 heteroatoms. The summed E-state index contributed by atoms with van der Waals surface area (Å²) in [5.74, 6) is -0.483. The molecule has 88 valence electrons. The molecule has 1 aromatic heterocycles. The van der Waals surface area contributed by atoms with Crippen LogP contribution in [0.15, 0.2) is 24.4 Å². The molecule has 0 saturated carbocycles. The second-order valence-electron chi connectivity index (χ2n) is 3.20. The Kier molecular flexibility index (Phi) is 4.13. The molecule has 0 fully saturated rings. The van der Waals surface area contributed by atoms with Gasteiger partial charge < -0.3 is 0 Å². The van der Waals surface area contributed by atoms with Crippen LogP contribution in [0.1, 0.15) is 0 Å². The molecule has 0 aliphatic carbocycles. The first kappa shape index (κ1) is 13.3. The van der Waals surface area contributed by atoms with Gasteiger partial charge in [0, 0.05) is 15.3 Å². The third-order valence-electron chi connectivity index (χ3n) is 2.09. The number of hydrogen-bond donors (Lipinski definition) is 0. The van der Waals surface area contributed by atoms with Gasteiger partial charge in [-0.3, -0.25) is 4.98 Å². The van der Waals surface area contributed by atoms with E-state index in [0.29, 0.717) is 19.2 Å². The van der Waals surface area contributed by atoms with Crippen molar-refractivity contribution in [3.05, 3.63) is 48.9 Å². The van der Waals surface area contributed by atoms with E-state index in [4.69, 9.17) is 34.8 Å². The fourth-order valence-corrected chi connectivity index (χ4v) is 2.46. The average molecular weight is 402 g/mol. The number of nitrogens with zero attached hydrogens (tertiary/aromatic N) is 1. The monoisotopic (exact) mass is 401 g/mol. The van der Waals surface area contributed by atoms with E-state index >= 15 is 0 Å². The maximum atomic E-state index is 13.8. The van der Waals surface area contributed by atoms with Crippen LogP contribution < -0.4 is 0 Å². The first-order valence-corrected chi connectivity index (χ1v) is 6.67. The van der Waals surface area contributed by atoms with Gasteiger partial charge in [0.15, 0.2) is 5.82 Å². The van der Waals surface area contributed by atoms with Crippen molar-refractivity contribution in [1.29, 1.82) is 0 Å². The van der Waals surface area contributed by atoms with E-state index in [1.165, 1.54) is 12.3 Å². The molecule has 0 N–H and O–H groups in total. The molecule has 0 aliphatic rings. The van der Waals surface area contributed by atoms with Crippen molar-refractivity contribution in [1.82, 2.24) is 4.98 Å². The van der Waals surface area contributed by atoms with E-state index in [1.807, 2.05) is 22.6 Å². The van der Waals surface area contributed by atoms with Gasteiger partial charge in [0.25, 0.3) is 0 Å². The summed E-state index contributed by atoms with van der Waals surface area (Å²) in [6, 6.07) is 4.47. The zero-order chi connectivity index (χ0) is 12.6. The Bertz CT molecular complexity index is 589. The quantitative estimate of drug-likeness (QED) is 0.456. The van der Waals surface area contributed by atoms with Crippen LogP contribution in [-0.4, -0.2) is 4.98 Å². The summed E-state index contributed by atoms with van der Waals surface area (Å²) in [6.45, 7) is 0. The SMILES string of the molecule is Fc1cc(I)cnc1-c1c(Cl)ccc(Cl)c1Cl. The molecule has 1 nitrogen and oxygen atoms in total. The van der Waals surface area contributed by atoms with Crippen molar-refractivity contribution in [2.75, 3.05) is 0 Å². The second-order valence-corrected chi connectivity index (χ2v) is 5.64. The highest BCUT2D eigenvalue weighted by molar-refractivity contribution is 14.1. The number of benzene rings is 1. The lowest BCUT2D eigenvalue weighted by Gasteiger charge is -2.08. The van der Waals surface area contributed by atoms with E-state index < -0.39 is 5.82 Å². The molecule has 17 heavy (non-hydrogen) atoms. The highest BCUT2D eigenvalue weighted by Gasteiger charge is 2.16. The van der Waals surface area contributed by atoms with Crippen LogP contribution >= 0.6 is 57.4 Å². The third-order valence-corrected chi connectivity index (χ3v) is 3.80. The molecule has 1 heterocycles. The minimum atomic E-state index is -0.483. The first-order chi connectivity index (χ1) is 8.00. The summed E-state index contributed by atoms with van der Waals surface area (Å²) in [4.78, 5) is 4.00. The molecule has 2 rings (SSSR count). The Morgan fingerprint density at radius 3 is 2.41 bits per heavy atom. The third kappa shape index (κ3) is 2.67. The molecule has 0 aliphatic heterocycles. The minimum Gasteiger partial charge on any atom is -0.252 e. The molecule has 0 saturated heterocycles. The van der Waals surface area contributed by atoms with Gasteiger partial charge >= 0.3 is 0 Å². The predicted octanol–water partition coefficient (Wildman–Crippen LogP) is 5.45. The standard InChI is InChI=1S/C11H4Cl3FIN/c12-6-1-2-7(13)10(14)9(6)11-8(15)3-5(16)4-17-11/h1-4H. The van der Waals surface area contributed by atoms with Crippen LogP contribution in [0.25, 0.3) is 11.3 Å². The Balaban J connectivity index is 2.72. The van der Waals surface area contributed by atoms with Crippen molar-refractivity contribution >= 4 is 57.4 Å². The molecule has 0 bridgehead atoms. The number of aromatic nitrogens is 1. The molecule has 0 unspecified atom stereocenters. The summed E-state index contributed by atoms with van der Waals surface area (Å²) < 4.78 is 14.5. The zero-order valence-electron chi connectivity index (χ0n) is 8.15. The molecule has 1 aromatic carbocycles. The number of hydrogen-bond acceptors (Lipinski definition) is 1. The second kappa shape index (κ2) is 5.26. The van der Waals surface area contributed by atoms with E-state index in [9.17, 15) is 4.39 Å². The molecule has 2 aromatic rings. The summed E-state index contributed by atoms with van der Waals surface area (Å²) in [5.41, 5.74) is 0.414. The summed E-state index contributed by atoms with van der Waals surface area (Å²) in [6.07, 6.45) is 1.53. The van der Waals surface area contributed by atoms with Gasteiger partial charge in [0.2, 0.25) is 0 Å². The van der Waals surface area contributed by atoms with Gasteiger partial charge in [-0.05, 0) is 40.8 Å². The highest BCUT2D eigenvalue weighted by Crippen LogP contribution is 2.39. The fourth-order valence-electron chi connectivity index (χ4n) is 1.34. The van der Waals surface area contributed by atoms with Crippen LogP contribution in [0.5, 0.6) is 0 Å². The van der Waals surface area contributed by atoms with Gasteiger partial charge in [-0.15, -0.1) is 0 Å². The molecule has 0 spiro atoms. The highest BCUT2D eigenvalue weighted by atomic mass is 127. The van der Waals surface area contributed by atoms with Crippen LogP contribution in [0.4, 0.5) is 4.39 Å². The van der Waals surface area contributed by atoms with Crippen LogP contribution in [0.2, 0.25) is 15.1 Å². The Morgan fingerprint density at radius 2 is 1.76 bits per heavy atom. The van der Waals surface area contributed by atoms with Gasteiger partial charge in [0.1, 0.15) is 5.69 Å². The minimum absolute atomic E-state index is 0.0999. The van der Waals surface area contributed by atoms with Crippen molar-refractivity contribution in [2.24, 2.45) is 0 Å². The topological polar surface area (TPSA) is 12.9 Å². The molecule has 0 radical (unpaired) electrons. The lowest BCUT2D eigenvalue weighted by Crippen LogP contribution is -1.92. The number of rotatable bonds is 1. The molecular weight excluding hydrogens is 398 g/mol. The summed E-state index contributed by atoms with van der Waals surface area (Å²) in [5, 5.41) is 0.824. The predicted molar refractivity (Wildman–Crippen MR) is 77.4 cm³/mol. The zero-order valence-corrected chi connectivity index (χ0v) is 12.6. The van der Waals surface area contributed by atoms with Crippen LogP contribution in [0.3, 0.4) is 0 Å². The first-order valence-electron chi connectivity index (χ1n) is 4.45. The maximum Gasteiger partial charge on any atom is 0.150 e. The normalized spacial score (nSPS) is 10.6. The molecule has 0 atom stereocenters. The van der Waals surface area contributed by atoms with E-state index in [2.05, 4.69) is 4.98 Å². The van der Waals surface area contributed by atoms with E-state index in [1.54, 1.807) is 12.1 Å². The lowest BCUT2D eigenvalue weighted by molar-refractivity contribution is 0.624. The summed E-state index contributed by atoms with van der Waals surface area (Å²) >= 11 is 19.9. The van der Waals surface area contributed by atoms with Crippen molar-refractivity contribution < 1.29 is 4.39 Å². The average Bonchev–Trinajstić information content (AvgIpc) is 2.27. The Morgan fingerprint density at radius 1 is 1.12 bits per heavy atom. The lowest BCUT2D eigenvalue weighted by atomic mass is 10.1. The van der Waals surface area contributed by atoms with Gasteiger partial charge in [-0.25, -0.2) is 4.39 Å². The Hall–Kier alpha value is -0.100. The molecule has 0 amide bonds. The van der Waals surface area contributed by atoms with Gasteiger partial charge in [0.05, 0.1) is 15.1 Å². The number of halogens is 5. The van der Waals surface area contributed by atoms with Gasteiger partial charge in [-0.2, -0.15) is 0 Å². The Labute approximate surface area is 126 Å². The fraction of sp³-hybridized carbons (Fsp3) is 0.